The minimum atomic E-state index is -0.586. The van der Waals surface area contributed by atoms with Gasteiger partial charge < -0.3 is 26.8 Å². The average Bonchev–Trinajstić information content (AvgIpc) is 2.97. The molecule has 0 aromatic carbocycles. The first kappa shape index (κ1) is 16.2. The standard InChI is InChI=1S/C12H21N7O3/c13-4-2-5-15-12-17-10(14)9(19(20)21)11(18-12)16-7-8-3-1-6-22-8/h8H,1-7,13H2,(H4,14,15,16,17,18)/t8-/m0/s1. The molecule has 10 nitrogen and oxygen atoms in total. The molecule has 1 aromatic heterocycles. The number of nitrogens with two attached hydrogens (primary N) is 2. The maximum atomic E-state index is 11.1. The first-order valence-corrected chi connectivity index (χ1v) is 7.23. The average molecular weight is 311 g/mol. The molecule has 1 fully saturated rings. The summed E-state index contributed by atoms with van der Waals surface area (Å²) < 4.78 is 5.48. The summed E-state index contributed by atoms with van der Waals surface area (Å²) in [5.74, 6) is 0.166. The molecule has 1 atom stereocenters. The van der Waals surface area contributed by atoms with E-state index in [1.54, 1.807) is 0 Å². The van der Waals surface area contributed by atoms with Crippen molar-refractivity contribution in [2.75, 3.05) is 42.6 Å². The molecule has 122 valence electrons. The fourth-order valence-corrected chi connectivity index (χ4v) is 2.17. The van der Waals surface area contributed by atoms with Gasteiger partial charge in [-0.2, -0.15) is 9.97 Å². The van der Waals surface area contributed by atoms with Gasteiger partial charge in [-0.05, 0) is 25.8 Å². The lowest BCUT2D eigenvalue weighted by Gasteiger charge is -2.13. The second-order valence-corrected chi connectivity index (χ2v) is 4.97. The van der Waals surface area contributed by atoms with Crippen LogP contribution in [0.3, 0.4) is 0 Å². The minimum absolute atomic E-state index is 0.0319. The van der Waals surface area contributed by atoms with Crippen LogP contribution in [0.15, 0.2) is 0 Å². The number of anilines is 3. The Morgan fingerprint density at radius 2 is 2.23 bits per heavy atom. The lowest BCUT2D eigenvalue weighted by atomic mass is 10.2. The molecule has 0 bridgehead atoms. The van der Waals surface area contributed by atoms with Gasteiger partial charge in [0.25, 0.3) is 0 Å². The maximum absolute atomic E-state index is 11.1. The molecule has 2 rings (SSSR count). The third-order valence-electron chi connectivity index (χ3n) is 3.28. The highest BCUT2D eigenvalue weighted by Gasteiger charge is 2.24. The zero-order valence-corrected chi connectivity index (χ0v) is 12.2. The summed E-state index contributed by atoms with van der Waals surface area (Å²) in [6.45, 7) is 2.25. The van der Waals surface area contributed by atoms with Crippen LogP contribution >= 0.6 is 0 Å². The Bertz CT molecular complexity index is 520. The normalized spacial score (nSPS) is 17.4. The highest BCUT2D eigenvalue weighted by molar-refractivity contribution is 5.69. The first-order valence-electron chi connectivity index (χ1n) is 7.23. The zero-order valence-electron chi connectivity index (χ0n) is 12.2. The van der Waals surface area contributed by atoms with Crippen LogP contribution in [0.25, 0.3) is 0 Å². The van der Waals surface area contributed by atoms with Crippen molar-refractivity contribution in [1.82, 2.24) is 9.97 Å². The third-order valence-corrected chi connectivity index (χ3v) is 3.28. The molecule has 10 heteroatoms. The molecular formula is C12H21N7O3. The van der Waals surface area contributed by atoms with Crippen LogP contribution in [0.5, 0.6) is 0 Å². The number of hydrogen-bond donors (Lipinski definition) is 4. The Morgan fingerprint density at radius 3 is 2.86 bits per heavy atom. The van der Waals surface area contributed by atoms with Gasteiger partial charge in [0.15, 0.2) is 0 Å². The zero-order chi connectivity index (χ0) is 15.9. The van der Waals surface area contributed by atoms with E-state index in [9.17, 15) is 10.1 Å². The van der Waals surface area contributed by atoms with Gasteiger partial charge in [-0.25, -0.2) is 0 Å². The highest BCUT2D eigenvalue weighted by Crippen LogP contribution is 2.29. The van der Waals surface area contributed by atoms with Crippen molar-refractivity contribution >= 4 is 23.3 Å². The van der Waals surface area contributed by atoms with Crippen LogP contribution in [-0.4, -0.2) is 47.2 Å². The summed E-state index contributed by atoms with van der Waals surface area (Å²) in [6, 6.07) is 0. The molecule has 1 aromatic rings. The Balaban J connectivity index is 2.12. The fraction of sp³-hybridized carbons (Fsp3) is 0.667. The number of aromatic nitrogens is 2. The Hall–Kier alpha value is -2.20. The van der Waals surface area contributed by atoms with Gasteiger partial charge in [0.05, 0.1) is 11.0 Å². The molecule has 22 heavy (non-hydrogen) atoms. The van der Waals surface area contributed by atoms with E-state index in [1.807, 2.05) is 0 Å². The molecule has 0 amide bonds. The lowest BCUT2D eigenvalue weighted by Crippen LogP contribution is -2.21. The lowest BCUT2D eigenvalue weighted by molar-refractivity contribution is -0.383. The van der Waals surface area contributed by atoms with Gasteiger partial charge in [-0.3, -0.25) is 10.1 Å². The van der Waals surface area contributed by atoms with E-state index in [0.717, 1.165) is 19.3 Å². The van der Waals surface area contributed by atoms with Gasteiger partial charge in [0.2, 0.25) is 17.6 Å². The van der Waals surface area contributed by atoms with Crippen molar-refractivity contribution in [3.8, 4) is 0 Å². The van der Waals surface area contributed by atoms with E-state index in [4.69, 9.17) is 16.2 Å². The van der Waals surface area contributed by atoms with Crippen molar-refractivity contribution in [2.45, 2.75) is 25.4 Å². The quantitative estimate of drug-likeness (QED) is 0.302. The summed E-state index contributed by atoms with van der Waals surface area (Å²) in [4.78, 5) is 18.6. The SMILES string of the molecule is NCCCNc1nc(N)c([N+](=O)[O-])c(NC[C@@H]2CCCO2)n1. The van der Waals surface area contributed by atoms with Crippen LogP contribution in [-0.2, 0) is 4.74 Å². The number of ether oxygens (including phenoxy) is 1. The first-order chi connectivity index (χ1) is 10.6. The summed E-state index contributed by atoms with van der Waals surface area (Å²) in [6.07, 6.45) is 2.68. The molecule has 0 radical (unpaired) electrons. The number of hydrogen-bond acceptors (Lipinski definition) is 9. The molecule has 0 unspecified atom stereocenters. The second-order valence-electron chi connectivity index (χ2n) is 4.97. The Labute approximate surface area is 127 Å². The summed E-state index contributed by atoms with van der Waals surface area (Å²) in [5, 5.41) is 17.0. The summed E-state index contributed by atoms with van der Waals surface area (Å²) in [7, 11) is 0. The van der Waals surface area contributed by atoms with Crippen molar-refractivity contribution < 1.29 is 9.66 Å². The molecule has 0 saturated carbocycles. The summed E-state index contributed by atoms with van der Waals surface area (Å²) in [5.41, 5.74) is 10.8. The van der Waals surface area contributed by atoms with Crippen LogP contribution in [0.4, 0.5) is 23.3 Å². The monoisotopic (exact) mass is 311 g/mol. The van der Waals surface area contributed by atoms with E-state index in [0.29, 0.717) is 26.2 Å². The molecular weight excluding hydrogens is 290 g/mol. The number of nitrogens with one attached hydrogen (secondary N) is 2. The maximum Gasteiger partial charge on any atom is 0.353 e. The van der Waals surface area contributed by atoms with Gasteiger partial charge in [0.1, 0.15) is 0 Å². The number of rotatable bonds is 8. The Kier molecular flexibility index (Phi) is 5.67. The van der Waals surface area contributed by atoms with E-state index in [2.05, 4.69) is 20.6 Å². The van der Waals surface area contributed by atoms with Crippen molar-refractivity contribution in [3.63, 3.8) is 0 Å². The molecule has 0 spiro atoms. The van der Waals surface area contributed by atoms with Crippen LogP contribution in [0.1, 0.15) is 19.3 Å². The van der Waals surface area contributed by atoms with E-state index >= 15 is 0 Å². The predicted octanol–water partition coefficient (Wildman–Crippen LogP) is 0.319. The minimum Gasteiger partial charge on any atom is -0.378 e. The highest BCUT2D eigenvalue weighted by atomic mass is 16.6. The molecule has 1 saturated heterocycles. The second kappa shape index (κ2) is 7.71. The summed E-state index contributed by atoms with van der Waals surface area (Å²) >= 11 is 0. The molecule has 0 aliphatic carbocycles. The van der Waals surface area contributed by atoms with Crippen molar-refractivity contribution in [2.24, 2.45) is 5.73 Å². The van der Waals surface area contributed by atoms with Gasteiger partial charge in [0, 0.05) is 19.7 Å². The van der Waals surface area contributed by atoms with Crippen LogP contribution < -0.4 is 22.1 Å². The van der Waals surface area contributed by atoms with Crippen molar-refractivity contribution in [1.29, 1.82) is 0 Å². The number of nitrogens with zero attached hydrogens (tertiary/aromatic N) is 3. The Morgan fingerprint density at radius 1 is 1.41 bits per heavy atom. The smallest absolute Gasteiger partial charge is 0.353 e. The predicted molar refractivity (Wildman–Crippen MR) is 82.7 cm³/mol. The number of nitro groups is 1. The third kappa shape index (κ3) is 4.15. The van der Waals surface area contributed by atoms with Crippen LogP contribution in [0, 0.1) is 10.1 Å². The van der Waals surface area contributed by atoms with Crippen molar-refractivity contribution in [3.05, 3.63) is 10.1 Å². The van der Waals surface area contributed by atoms with E-state index < -0.39 is 4.92 Å². The molecule has 1 aliphatic rings. The van der Waals surface area contributed by atoms with E-state index in [-0.39, 0.29) is 29.4 Å². The van der Waals surface area contributed by atoms with Crippen LogP contribution in [0.2, 0.25) is 0 Å². The molecule has 1 aliphatic heterocycles. The van der Waals surface area contributed by atoms with Gasteiger partial charge in [-0.15, -0.1) is 0 Å². The van der Waals surface area contributed by atoms with E-state index in [1.165, 1.54) is 0 Å². The topological polar surface area (TPSA) is 154 Å². The largest absolute Gasteiger partial charge is 0.378 e. The molecule has 6 N–H and O–H groups in total. The van der Waals surface area contributed by atoms with Gasteiger partial charge in [-0.1, -0.05) is 0 Å². The molecule has 2 heterocycles. The van der Waals surface area contributed by atoms with Gasteiger partial charge >= 0.3 is 5.69 Å². The fourth-order valence-electron chi connectivity index (χ4n) is 2.17. The number of nitrogen functional groups attached to an aromatic ring is 1.